The Hall–Kier alpha value is -3.80. The molecule has 1 heterocycles. The predicted molar refractivity (Wildman–Crippen MR) is 123 cm³/mol. The molecule has 164 valence electrons. The van der Waals surface area contributed by atoms with Crippen molar-refractivity contribution in [3.8, 4) is 11.5 Å². The van der Waals surface area contributed by atoms with Crippen LogP contribution in [0.25, 0.3) is 0 Å². The Morgan fingerprint density at radius 2 is 1.47 bits per heavy atom. The SMILES string of the molecule is CCN1C(=O)[C@H](Cc2ccccc2)N(c2ccc(OCc3ccc(OC)cc3)cc2)C1=O. The van der Waals surface area contributed by atoms with Crippen molar-refractivity contribution >= 4 is 17.6 Å². The van der Waals surface area contributed by atoms with Crippen molar-refractivity contribution in [2.24, 2.45) is 0 Å². The van der Waals surface area contributed by atoms with Crippen molar-refractivity contribution in [2.45, 2.75) is 26.0 Å². The monoisotopic (exact) mass is 430 g/mol. The fourth-order valence-corrected chi connectivity index (χ4v) is 3.84. The number of hydrogen-bond acceptors (Lipinski definition) is 4. The van der Waals surface area contributed by atoms with Crippen molar-refractivity contribution in [1.29, 1.82) is 0 Å². The van der Waals surface area contributed by atoms with E-state index in [2.05, 4.69) is 0 Å². The molecule has 0 aliphatic carbocycles. The Balaban J connectivity index is 1.49. The number of carbonyl (C=O) groups is 2. The van der Waals surface area contributed by atoms with Crippen molar-refractivity contribution < 1.29 is 19.1 Å². The minimum Gasteiger partial charge on any atom is -0.497 e. The first-order valence-corrected chi connectivity index (χ1v) is 10.6. The van der Waals surface area contributed by atoms with E-state index in [0.29, 0.717) is 31.0 Å². The highest BCUT2D eigenvalue weighted by molar-refractivity contribution is 6.14. The number of rotatable bonds is 8. The van der Waals surface area contributed by atoms with E-state index in [1.807, 2.05) is 85.8 Å². The van der Waals surface area contributed by atoms with Crippen LogP contribution in [0.15, 0.2) is 78.9 Å². The number of amides is 3. The van der Waals surface area contributed by atoms with Gasteiger partial charge in [-0.3, -0.25) is 14.6 Å². The van der Waals surface area contributed by atoms with Crippen molar-refractivity contribution in [1.82, 2.24) is 4.90 Å². The second-order valence-corrected chi connectivity index (χ2v) is 7.57. The van der Waals surface area contributed by atoms with Gasteiger partial charge in [0.05, 0.1) is 7.11 Å². The molecule has 4 rings (SSSR count). The topological polar surface area (TPSA) is 59.1 Å². The van der Waals surface area contributed by atoms with Crippen LogP contribution in [-0.4, -0.2) is 36.5 Å². The summed E-state index contributed by atoms with van der Waals surface area (Å²) in [5, 5.41) is 0. The number of ether oxygens (including phenoxy) is 2. The van der Waals surface area contributed by atoms with Gasteiger partial charge in [0.25, 0.3) is 5.91 Å². The molecular formula is C26H26N2O4. The van der Waals surface area contributed by atoms with E-state index in [-0.39, 0.29) is 11.9 Å². The summed E-state index contributed by atoms with van der Waals surface area (Å²) in [6, 6.07) is 23.9. The van der Waals surface area contributed by atoms with Crippen LogP contribution in [0.1, 0.15) is 18.1 Å². The highest BCUT2D eigenvalue weighted by Gasteiger charge is 2.44. The van der Waals surface area contributed by atoms with E-state index in [1.165, 1.54) is 4.90 Å². The summed E-state index contributed by atoms with van der Waals surface area (Å²) in [6.45, 7) is 2.59. The first-order chi connectivity index (χ1) is 15.6. The number of benzene rings is 3. The van der Waals surface area contributed by atoms with Crippen molar-refractivity contribution in [2.75, 3.05) is 18.6 Å². The minimum atomic E-state index is -0.559. The minimum absolute atomic E-state index is 0.166. The van der Waals surface area contributed by atoms with E-state index >= 15 is 0 Å². The highest BCUT2D eigenvalue weighted by Crippen LogP contribution is 2.29. The molecule has 6 heteroatoms. The zero-order chi connectivity index (χ0) is 22.5. The van der Waals surface area contributed by atoms with Gasteiger partial charge in [0.15, 0.2) is 0 Å². The van der Waals surface area contributed by atoms with Crippen LogP contribution in [0.4, 0.5) is 10.5 Å². The van der Waals surface area contributed by atoms with Crippen LogP contribution >= 0.6 is 0 Å². The van der Waals surface area contributed by atoms with Gasteiger partial charge in [0.2, 0.25) is 0 Å². The van der Waals surface area contributed by atoms with Crippen LogP contribution < -0.4 is 14.4 Å². The van der Waals surface area contributed by atoms with Gasteiger partial charge in [0, 0.05) is 18.7 Å². The molecule has 6 nitrogen and oxygen atoms in total. The summed E-state index contributed by atoms with van der Waals surface area (Å²) < 4.78 is 11.0. The average molecular weight is 431 g/mol. The van der Waals surface area contributed by atoms with Crippen LogP contribution in [0.5, 0.6) is 11.5 Å². The quantitative estimate of drug-likeness (QED) is 0.487. The second-order valence-electron chi connectivity index (χ2n) is 7.57. The molecule has 3 amide bonds. The van der Waals surface area contributed by atoms with Crippen LogP contribution in [0.2, 0.25) is 0 Å². The van der Waals surface area contributed by atoms with Gasteiger partial charge < -0.3 is 9.47 Å². The molecule has 1 saturated heterocycles. The normalized spacial score (nSPS) is 15.9. The molecule has 32 heavy (non-hydrogen) atoms. The Kier molecular flexibility index (Phi) is 6.40. The molecule has 0 N–H and O–H groups in total. The summed E-state index contributed by atoms with van der Waals surface area (Å²) >= 11 is 0. The predicted octanol–water partition coefficient (Wildman–Crippen LogP) is 4.67. The highest BCUT2D eigenvalue weighted by atomic mass is 16.5. The number of anilines is 1. The number of nitrogens with zero attached hydrogens (tertiary/aromatic N) is 2. The fraction of sp³-hybridized carbons (Fsp3) is 0.231. The second kappa shape index (κ2) is 9.56. The first kappa shape index (κ1) is 21.4. The number of carbonyl (C=O) groups excluding carboxylic acids is 2. The van der Waals surface area contributed by atoms with Crippen molar-refractivity contribution in [3.05, 3.63) is 90.0 Å². The van der Waals surface area contributed by atoms with Gasteiger partial charge in [-0.15, -0.1) is 0 Å². The standard InChI is InChI=1S/C26H26N2O4/c1-3-27-25(29)24(17-19-7-5-4-6-8-19)28(26(27)30)21-11-15-23(16-12-21)32-18-20-9-13-22(31-2)14-10-20/h4-16,24H,3,17-18H2,1-2H3/t24-/m0/s1. The first-order valence-electron chi connectivity index (χ1n) is 10.6. The molecule has 1 fully saturated rings. The summed E-state index contributed by atoms with van der Waals surface area (Å²) in [5.41, 5.74) is 2.72. The van der Waals surface area contributed by atoms with E-state index in [4.69, 9.17) is 9.47 Å². The molecule has 3 aromatic carbocycles. The molecule has 1 atom stereocenters. The number of hydrogen-bond donors (Lipinski definition) is 0. The fourth-order valence-electron chi connectivity index (χ4n) is 3.84. The molecule has 3 aromatic rings. The zero-order valence-electron chi connectivity index (χ0n) is 18.2. The van der Waals surface area contributed by atoms with Gasteiger partial charge in [-0.05, 0) is 54.4 Å². The van der Waals surface area contributed by atoms with Crippen LogP contribution in [0.3, 0.4) is 0 Å². The zero-order valence-corrected chi connectivity index (χ0v) is 18.2. The van der Waals surface area contributed by atoms with E-state index in [0.717, 1.165) is 16.9 Å². The molecule has 0 unspecified atom stereocenters. The van der Waals surface area contributed by atoms with Gasteiger partial charge in [-0.2, -0.15) is 0 Å². The largest absolute Gasteiger partial charge is 0.497 e. The molecule has 0 bridgehead atoms. The van der Waals surface area contributed by atoms with Gasteiger partial charge >= 0.3 is 6.03 Å². The van der Waals surface area contributed by atoms with E-state index < -0.39 is 6.04 Å². The van der Waals surface area contributed by atoms with E-state index in [9.17, 15) is 9.59 Å². The van der Waals surface area contributed by atoms with E-state index in [1.54, 1.807) is 12.0 Å². The molecular weight excluding hydrogens is 404 g/mol. The molecule has 1 aliphatic heterocycles. The average Bonchev–Trinajstić information content (AvgIpc) is 3.07. The maximum absolute atomic E-state index is 13.0. The number of methoxy groups -OCH3 is 1. The lowest BCUT2D eigenvalue weighted by Crippen LogP contribution is -2.36. The Labute approximate surface area is 188 Å². The summed E-state index contributed by atoms with van der Waals surface area (Å²) in [7, 11) is 1.63. The number of imide groups is 1. The van der Waals surface area contributed by atoms with Gasteiger partial charge in [-0.1, -0.05) is 42.5 Å². The third-order valence-electron chi connectivity index (χ3n) is 5.57. The van der Waals surface area contributed by atoms with Gasteiger partial charge in [0.1, 0.15) is 24.1 Å². The maximum atomic E-state index is 13.0. The third-order valence-corrected chi connectivity index (χ3v) is 5.57. The molecule has 0 aromatic heterocycles. The number of urea groups is 1. The van der Waals surface area contributed by atoms with Crippen LogP contribution in [-0.2, 0) is 17.8 Å². The molecule has 0 spiro atoms. The lowest BCUT2D eigenvalue weighted by molar-refractivity contribution is -0.127. The lowest BCUT2D eigenvalue weighted by Gasteiger charge is -2.22. The smallest absolute Gasteiger partial charge is 0.331 e. The number of likely N-dealkylation sites (N-methyl/N-ethyl adjacent to an activating group) is 1. The Morgan fingerprint density at radius 3 is 2.09 bits per heavy atom. The lowest BCUT2D eigenvalue weighted by atomic mass is 10.0. The third kappa shape index (κ3) is 4.44. The van der Waals surface area contributed by atoms with Crippen molar-refractivity contribution in [3.63, 3.8) is 0 Å². The Morgan fingerprint density at radius 1 is 0.812 bits per heavy atom. The van der Waals surface area contributed by atoms with Crippen LogP contribution in [0, 0.1) is 0 Å². The summed E-state index contributed by atoms with van der Waals surface area (Å²) in [5.74, 6) is 1.32. The van der Waals surface area contributed by atoms with Gasteiger partial charge in [-0.25, -0.2) is 4.79 Å². The molecule has 0 saturated carbocycles. The summed E-state index contributed by atoms with van der Waals surface area (Å²) in [4.78, 5) is 28.8. The Bertz CT molecular complexity index is 1070. The molecule has 1 aliphatic rings. The maximum Gasteiger partial charge on any atom is 0.331 e. The summed E-state index contributed by atoms with van der Waals surface area (Å²) in [6.07, 6.45) is 0.470. The molecule has 0 radical (unpaired) electrons.